The molecule has 0 saturated heterocycles. The van der Waals surface area contributed by atoms with Gasteiger partial charge in [-0.05, 0) is 24.3 Å². The highest BCUT2D eigenvalue weighted by molar-refractivity contribution is 7.90. The number of benzene rings is 1. The second-order valence-electron chi connectivity index (χ2n) is 5.04. The zero-order valence-electron chi connectivity index (χ0n) is 12.9. The molecule has 0 spiro atoms. The minimum Gasteiger partial charge on any atom is -0.455 e. The molecule has 1 aromatic carbocycles. The number of sulfone groups is 1. The molecule has 136 valence electrons. The van der Waals surface area contributed by atoms with E-state index in [1.165, 1.54) is 24.3 Å². The highest BCUT2D eigenvalue weighted by atomic mass is 32.2. The number of hydrogen-bond donors (Lipinski definition) is 1. The van der Waals surface area contributed by atoms with E-state index < -0.39 is 32.9 Å². The quantitative estimate of drug-likeness (QED) is 0.682. The molecule has 1 amide bonds. The van der Waals surface area contributed by atoms with Gasteiger partial charge in [-0.2, -0.15) is 0 Å². The normalized spacial score (nSPS) is 11.7. The molecule has 1 N–H and O–H groups in total. The molecule has 26 heavy (non-hydrogen) atoms. The molecular formula is C15H11F2N3O4S2. The van der Waals surface area contributed by atoms with Crippen molar-refractivity contribution in [2.24, 2.45) is 0 Å². The van der Waals surface area contributed by atoms with Crippen LogP contribution in [0.25, 0.3) is 0 Å². The first-order chi connectivity index (χ1) is 12.3. The topological polar surface area (TPSA) is 102 Å². The van der Waals surface area contributed by atoms with Crippen LogP contribution in [0, 0.1) is 0 Å². The zero-order valence-corrected chi connectivity index (χ0v) is 14.6. The molecule has 3 aromatic rings. The number of carbonyl (C=O) groups excluding carboxylic acids is 1. The lowest BCUT2D eigenvalue weighted by Crippen LogP contribution is -2.10. The second kappa shape index (κ2) is 7.30. The number of amides is 1. The van der Waals surface area contributed by atoms with Gasteiger partial charge in [0.25, 0.3) is 12.3 Å². The van der Waals surface area contributed by atoms with Crippen molar-refractivity contribution in [1.29, 1.82) is 0 Å². The van der Waals surface area contributed by atoms with Crippen molar-refractivity contribution in [1.82, 2.24) is 10.2 Å². The lowest BCUT2D eigenvalue weighted by Gasteiger charge is -2.02. The van der Waals surface area contributed by atoms with E-state index in [1.807, 2.05) is 0 Å². The minimum absolute atomic E-state index is 0.0736. The Kier molecular flexibility index (Phi) is 5.09. The van der Waals surface area contributed by atoms with E-state index in [0.717, 1.165) is 0 Å². The summed E-state index contributed by atoms with van der Waals surface area (Å²) in [6, 6.07) is 10.5. The number of nitrogens with zero attached hydrogens (tertiary/aromatic N) is 2. The standard InChI is InChI=1S/C15H11F2N3O4S2/c16-12(17)14-19-20-15(25-14)18-13(21)11-7-6-9(24-11)8-26(22,23)10-4-2-1-3-5-10/h1-7,12H,8H2,(H,18,20,21). The Morgan fingerprint density at radius 2 is 1.88 bits per heavy atom. The average Bonchev–Trinajstić information content (AvgIpc) is 3.25. The molecule has 7 nitrogen and oxygen atoms in total. The first kappa shape index (κ1) is 18.1. The summed E-state index contributed by atoms with van der Waals surface area (Å²) in [6.45, 7) is 0. The Labute approximate surface area is 150 Å². The second-order valence-corrected chi connectivity index (χ2v) is 8.04. The lowest BCUT2D eigenvalue weighted by molar-refractivity contribution is 0.0995. The van der Waals surface area contributed by atoms with E-state index in [2.05, 4.69) is 15.5 Å². The molecule has 2 aromatic heterocycles. The summed E-state index contributed by atoms with van der Waals surface area (Å²) in [4.78, 5) is 12.2. The number of rotatable bonds is 6. The van der Waals surface area contributed by atoms with E-state index >= 15 is 0 Å². The first-order valence-corrected chi connectivity index (χ1v) is 9.61. The van der Waals surface area contributed by atoms with Crippen molar-refractivity contribution < 1.29 is 26.4 Å². The average molecular weight is 399 g/mol. The van der Waals surface area contributed by atoms with Gasteiger partial charge in [0.05, 0.1) is 4.90 Å². The van der Waals surface area contributed by atoms with Gasteiger partial charge in [-0.15, -0.1) is 10.2 Å². The number of anilines is 1. The van der Waals surface area contributed by atoms with Crippen LogP contribution in [-0.2, 0) is 15.6 Å². The van der Waals surface area contributed by atoms with Crippen LogP contribution in [0.2, 0.25) is 0 Å². The first-order valence-electron chi connectivity index (χ1n) is 7.14. The molecule has 0 aliphatic carbocycles. The molecule has 3 rings (SSSR count). The maximum atomic E-state index is 12.5. The molecule has 0 unspecified atom stereocenters. The highest BCUT2D eigenvalue weighted by Gasteiger charge is 2.20. The van der Waals surface area contributed by atoms with Crippen molar-refractivity contribution >= 4 is 32.2 Å². The van der Waals surface area contributed by atoms with Crippen molar-refractivity contribution in [2.45, 2.75) is 17.1 Å². The van der Waals surface area contributed by atoms with Gasteiger partial charge < -0.3 is 4.42 Å². The number of hydrogen-bond acceptors (Lipinski definition) is 7. The molecule has 2 heterocycles. The number of carbonyl (C=O) groups is 1. The van der Waals surface area contributed by atoms with Crippen LogP contribution in [0.4, 0.5) is 13.9 Å². The lowest BCUT2D eigenvalue weighted by atomic mass is 10.4. The third-order valence-electron chi connectivity index (χ3n) is 3.17. The number of furan rings is 1. The molecular weight excluding hydrogens is 388 g/mol. The fourth-order valence-corrected chi connectivity index (χ4v) is 3.87. The summed E-state index contributed by atoms with van der Waals surface area (Å²) >= 11 is 0.536. The minimum atomic E-state index is -3.62. The summed E-state index contributed by atoms with van der Waals surface area (Å²) in [5.41, 5.74) is 0. The van der Waals surface area contributed by atoms with Gasteiger partial charge in [-0.1, -0.05) is 29.5 Å². The van der Waals surface area contributed by atoms with Crippen LogP contribution < -0.4 is 5.32 Å². The predicted octanol–water partition coefficient (Wildman–Crippen LogP) is 3.29. The Balaban J connectivity index is 1.70. The summed E-state index contributed by atoms with van der Waals surface area (Å²) in [6.07, 6.45) is -2.78. The molecule has 0 aliphatic heterocycles. The van der Waals surface area contributed by atoms with Gasteiger partial charge in [0.1, 0.15) is 11.5 Å². The molecule has 11 heteroatoms. The number of halogens is 2. The van der Waals surface area contributed by atoms with E-state index in [1.54, 1.807) is 18.2 Å². The van der Waals surface area contributed by atoms with E-state index in [-0.39, 0.29) is 21.5 Å². The Morgan fingerprint density at radius 1 is 1.15 bits per heavy atom. The van der Waals surface area contributed by atoms with Crippen molar-refractivity contribution in [3.8, 4) is 0 Å². The molecule has 0 radical (unpaired) electrons. The largest absolute Gasteiger partial charge is 0.455 e. The summed E-state index contributed by atoms with van der Waals surface area (Å²) in [5, 5.41) is 8.31. The molecule has 0 saturated carbocycles. The molecule has 0 atom stereocenters. The SMILES string of the molecule is O=C(Nc1nnc(C(F)F)s1)c1ccc(CS(=O)(=O)c2ccccc2)o1. The summed E-state index contributed by atoms with van der Waals surface area (Å²) < 4.78 is 54.7. The van der Waals surface area contributed by atoms with Gasteiger partial charge >= 0.3 is 0 Å². The Hall–Kier alpha value is -2.66. The van der Waals surface area contributed by atoms with E-state index in [0.29, 0.717) is 11.3 Å². The highest BCUT2D eigenvalue weighted by Crippen LogP contribution is 2.25. The zero-order chi connectivity index (χ0) is 18.7. The van der Waals surface area contributed by atoms with Crippen LogP contribution in [0.15, 0.2) is 51.8 Å². The van der Waals surface area contributed by atoms with Crippen LogP contribution in [0.5, 0.6) is 0 Å². The number of aromatic nitrogens is 2. The predicted molar refractivity (Wildman–Crippen MR) is 88.9 cm³/mol. The van der Waals surface area contributed by atoms with Crippen LogP contribution in [0.1, 0.15) is 27.7 Å². The van der Waals surface area contributed by atoms with Gasteiger partial charge in [-0.3, -0.25) is 10.1 Å². The maximum Gasteiger partial charge on any atom is 0.293 e. The molecule has 0 fully saturated rings. The van der Waals surface area contributed by atoms with Crippen molar-refractivity contribution in [3.63, 3.8) is 0 Å². The van der Waals surface area contributed by atoms with E-state index in [4.69, 9.17) is 4.42 Å². The fraction of sp³-hybridized carbons (Fsp3) is 0.133. The number of nitrogens with one attached hydrogen (secondary N) is 1. The van der Waals surface area contributed by atoms with E-state index in [9.17, 15) is 22.0 Å². The van der Waals surface area contributed by atoms with Gasteiger partial charge in [0.15, 0.2) is 20.6 Å². The van der Waals surface area contributed by atoms with Crippen LogP contribution in [0.3, 0.4) is 0 Å². The third-order valence-corrected chi connectivity index (χ3v) is 5.67. The maximum absolute atomic E-state index is 12.5. The number of alkyl halides is 2. The van der Waals surface area contributed by atoms with Gasteiger partial charge in [-0.25, -0.2) is 17.2 Å². The fourth-order valence-electron chi connectivity index (χ4n) is 2.01. The smallest absolute Gasteiger partial charge is 0.293 e. The van der Waals surface area contributed by atoms with Gasteiger partial charge in [0.2, 0.25) is 5.13 Å². The van der Waals surface area contributed by atoms with Crippen molar-refractivity contribution in [3.05, 3.63) is 59.0 Å². The third kappa shape index (κ3) is 4.11. The van der Waals surface area contributed by atoms with Crippen molar-refractivity contribution in [2.75, 3.05) is 5.32 Å². The summed E-state index contributed by atoms with van der Waals surface area (Å²) in [5.74, 6) is -1.26. The molecule has 0 aliphatic rings. The molecule has 0 bridgehead atoms. The summed E-state index contributed by atoms with van der Waals surface area (Å²) in [7, 11) is -3.62. The van der Waals surface area contributed by atoms with Gasteiger partial charge in [0, 0.05) is 0 Å². The Morgan fingerprint density at radius 3 is 2.54 bits per heavy atom. The van der Waals surface area contributed by atoms with Crippen LogP contribution >= 0.6 is 11.3 Å². The Bertz CT molecular complexity index is 1020. The van der Waals surface area contributed by atoms with Crippen LogP contribution in [-0.4, -0.2) is 24.5 Å². The monoisotopic (exact) mass is 399 g/mol.